The predicted octanol–water partition coefficient (Wildman–Crippen LogP) is 2.15. The van der Waals surface area contributed by atoms with E-state index in [2.05, 4.69) is 20.0 Å². The van der Waals surface area contributed by atoms with Crippen LogP contribution < -0.4 is 10.1 Å². The Kier molecular flexibility index (Phi) is 8.81. The minimum absolute atomic E-state index is 0.0103. The number of carbonyl (C=O) groups excluding carboxylic acids is 3. The molecule has 0 saturated carbocycles. The lowest BCUT2D eigenvalue weighted by Crippen LogP contribution is -2.33. The zero-order valence-electron chi connectivity index (χ0n) is 17.3. The summed E-state index contributed by atoms with van der Waals surface area (Å²) in [6.45, 7) is 9.25. The van der Waals surface area contributed by atoms with Gasteiger partial charge in [0.05, 0.1) is 19.6 Å². The van der Waals surface area contributed by atoms with Crippen molar-refractivity contribution < 1.29 is 28.6 Å². The smallest absolute Gasteiger partial charge is 0.345 e. The molecule has 0 aliphatic carbocycles. The Balaban J connectivity index is 2.99. The van der Waals surface area contributed by atoms with E-state index >= 15 is 0 Å². The zero-order chi connectivity index (χ0) is 21.3. The number of amides is 1. The van der Waals surface area contributed by atoms with E-state index in [-0.39, 0.29) is 23.8 Å². The van der Waals surface area contributed by atoms with E-state index < -0.39 is 29.4 Å². The predicted molar refractivity (Wildman–Crippen MR) is 101 cm³/mol. The summed E-state index contributed by atoms with van der Waals surface area (Å²) in [5.74, 6) is -2.36. The number of rotatable bonds is 9. The fourth-order valence-electron chi connectivity index (χ4n) is 1.98. The van der Waals surface area contributed by atoms with Crippen molar-refractivity contribution in [2.75, 3.05) is 20.3 Å². The fraction of sp³-hybridized carbons (Fsp3) is 0.632. The van der Waals surface area contributed by atoms with Gasteiger partial charge in [0.15, 0.2) is 0 Å². The first-order valence-corrected chi connectivity index (χ1v) is 9.18. The van der Waals surface area contributed by atoms with Crippen molar-refractivity contribution in [2.45, 2.75) is 53.1 Å². The molecular formula is C19H29N3O6. The van der Waals surface area contributed by atoms with E-state index in [4.69, 9.17) is 9.47 Å². The SMILES string of the molecule is CCCCOc1nc(C(=O)NCC(C)C(=O)OC)ncc1C(=O)OC(C)(C)C. The highest BCUT2D eigenvalue weighted by Crippen LogP contribution is 2.20. The van der Waals surface area contributed by atoms with Crippen LogP contribution in [-0.2, 0) is 14.3 Å². The molecule has 28 heavy (non-hydrogen) atoms. The Morgan fingerprint density at radius 3 is 2.50 bits per heavy atom. The van der Waals surface area contributed by atoms with Crippen LogP contribution in [0.2, 0.25) is 0 Å². The van der Waals surface area contributed by atoms with Crippen LogP contribution in [-0.4, -0.2) is 53.7 Å². The van der Waals surface area contributed by atoms with Gasteiger partial charge >= 0.3 is 11.9 Å². The molecule has 0 bridgehead atoms. The molecule has 1 amide bonds. The number of nitrogens with one attached hydrogen (secondary N) is 1. The highest BCUT2D eigenvalue weighted by molar-refractivity contribution is 5.94. The minimum Gasteiger partial charge on any atom is -0.477 e. The van der Waals surface area contributed by atoms with Crippen molar-refractivity contribution >= 4 is 17.8 Å². The van der Waals surface area contributed by atoms with Gasteiger partial charge in [-0.05, 0) is 27.2 Å². The number of unbranched alkanes of at least 4 members (excludes halogenated alkanes) is 1. The number of carbonyl (C=O) groups is 3. The normalized spacial score (nSPS) is 12.1. The summed E-state index contributed by atoms with van der Waals surface area (Å²) >= 11 is 0. The molecule has 1 aromatic heterocycles. The first-order chi connectivity index (χ1) is 13.1. The topological polar surface area (TPSA) is 117 Å². The number of hydrogen-bond donors (Lipinski definition) is 1. The molecule has 1 aromatic rings. The lowest BCUT2D eigenvalue weighted by molar-refractivity contribution is -0.144. The highest BCUT2D eigenvalue weighted by atomic mass is 16.6. The minimum atomic E-state index is -0.697. The number of methoxy groups -OCH3 is 1. The van der Waals surface area contributed by atoms with Gasteiger partial charge in [-0.25, -0.2) is 9.78 Å². The summed E-state index contributed by atoms with van der Waals surface area (Å²) < 4.78 is 15.5. The second-order valence-electron chi connectivity index (χ2n) is 7.25. The van der Waals surface area contributed by atoms with Crippen LogP contribution in [0, 0.1) is 5.92 Å². The van der Waals surface area contributed by atoms with E-state index in [1.165, 1.54) is 13.3 Å². The molecule has 1 N–H and O–H groups in total. The third-order valence-corrected chi connectivity index (χ3v) is 3.48. The summed E-state index contributed by atoms with van der Waals surface area (Å²) in [4.78, 5) is 44.1. The summed E-state index contributed by atoms with van der Waals surface area (Å²) in [6.07, 6.45) is 2.86. The summed E-state index contributed by atoms with van der Waals surface area (Å²) in [6, 6.07) is 0. The molecule has 0 aliphatic rings. The molecule has 1 atom stereocenters. The zero-order valence-corrected chi connectivity index (χ0v) is 17.3. The molecule has 0 saturated heterocycles. The number of nitrogens with zero attached hydrogens (tertiary/aromatic N) is 2. The molecule has 0 spiro atoms. The Bertz CT molecular complexity index is 699. The highest BCUT2D eigenvalue weighted by Gasteiger charge is 2.24. The average molecular weight is 395 g/mol. The monoisotopic (exact) mass is 395 g/mol. The number of ether oxygens (including phenoxy) is 3. The molecule has 1 heterocycles. The number of esters is 2. The van der Waals surface area contributed by atoms with Gasteiger partial charge in [0.1, 0.15) is 11.2 Å². The van der Waals surface area contributed by atoms with E-state index in [0.29, 0.717) is 6.61 Å². The molecule has 0 aliphatic heterocycles. The van der Waals surface area contributed by atoms with Gasteiger partial charge in [-0.1, -0.05) is 20.3 Å². The van der Waals surface area contributed by atoms with Gasteiger partial charge in [-0.2, -0.15) is 4.98 Å². The average Bonchev–Trinajstić information content (AvgIpc) is 2.63. The quantitative estimate of drug-likeness (QED) is 0.499. The van der Waals surface area contributed by atoms with Crippen LogP contribution in [0.4, 0.5) is 0 Å². The van der Waals surface area contributed by atoms with E-state index in [0.717, 1.165) is 12.8 Å². The van der Waals surface area contributed by atoms with Crippen LogP contribution in [0.3, 0.4) is 0 Å². The van der Waals surface area contributed by atoms with Crippen LogP contribution in [0.1, 0.15) is 68.4 Å². The standard InChI is InChI=1S/C19H29N3O6/c1-7-8-9-27-16-13(18(25)28-19(3,4)5)11-20-14(22-16)15(23)21-10-12(2)17(24)26-6/h11-12H,7-10H2,1-6H3,(H,21,23). The maximum Gasteiger partial charge on any atom is 0.345 e. The van der Waals surface area contributed by atoms with E-state index in [9.17, 15) is 14.4 Å². The van der Waals surface area contributed by atoms with Crippen LogP contribution >= 0.6 is 0 Å². The van der Waals surface area contributed by atoms with Gasteiger partial charge < -0.3 is 19.5 Å². The Morgan fingerprint density at radius 2 is 1.93 bits per heavy atom. The third kappa shape index (κ3) is 7.50. The second kappa shape index (κ2) is 10.6. The van der Waals surface area contributed by atoms with Crippen LogP contribution in [0.15, 0.2) is 6.20 Å². The molecule has 9 nitrogen and oxygen atoms in total. The van der Waals surface area contributed by atoms with Crippen molar-refractivity contribution in [3.05, 3.63) is 17.6 Å². The lowest BCUT2D eigenvalue weighted by Gasteiger charge is -2.20. The Morgan fingerprint density at radius 1 is 1.25 bits per heavy atom. The maximum atomic E-state index is 12.4. The van der Waals surface area contributed by atoms with Gasteiger partial charge in [0.25, 0.3) is 5.91 Å². The van der Waals surface area contributed by atoms with Crippen LogP contribution in [0.25, 0.3) is 0 Å². The molecule has 156 valence electrons. The van der Waals surface area contributed by atoms with E-state index in [1.54, 1.807) is 27.7 Å². The summed E-state index contributed by atoms with van der Waals surface area (Å²) in [5, 5.41) is 2.56. The Labute approximate surface area is 165 Å². The van der Waals surface area contributed by atoms with Crippen LogP contribution in [0.5, 0.6) is 5.88 Å². The molecular weight excluding hydrogens is 366 g/mol. The molecule has 0 aromatic carbocycles. The molecule has 1 rings (SSSR count). The Hall–Kier alpha value is -2.71. The van der Waals surface area contributed by atoms with Gasteiger partial charge in [0.2, 0.25) is 11.7 Å². The molecule has 0 fully saturated rings. The molecule has 1 unspecified atom stereocenters. The summed E-state index contributed by atoms with van der Waals surface area (Å²) in [5.41, 5.74) is -0.650. The molecule has 0 radical (unpaired) electrons. The van der Waals surface area contributed by atoms with Crippen molar-refractivity contribution in [3.63, 3.8) is 0 Å². The first kappa shape index (κ1) is 23.3. The van der Waals surface area contributed by atoms with Gasteiger partial charge in [-0.15, -0.1) is 0 Å². The second-order valence-corrected chi connectivity index (χ2v) is 7.25. The van der Waals surface area contributed by atoms with Crippen molar-refractivity contribution in [2.24, 2.45) is 5.92 Å². The number of aromatic nitrogens is 2. The fourth-order valence-corrected chi connectivity index (χ4v) is 1.98. The lowest BCUT2D eigenvalue weighted by atomic mass is 10.2. The third-order valence-electron chi connectivity index (χ3n) is 3.48. The van der Waals surface area contributed by atoms with E-state index in [1.807, 2.05) is 6.92 Å². The van der Waals surface area contributed by atoms with Gasteiger partial charge in [-0.3, -0.25) is 9.59 Å². The van der Waals surface area contributed by atoms with Gasteiger partial charge in [0, 0.05) is 12.7 Å². The van der Waals surface area contributed by atoms with Crippen molar-refractivity contribution in [3.8, 4) is 5.88 Å². The largest absolute Gasteiger partial charge is 0.477 e. The maximum absolute atomic E-state index is 12.4. The number of hydrogen-bond acceptors (Lipinski definition) is 8. The summed E-state index contributed by atoms with van der Waals surface area (Å²) in [7, 11) is 1.28. The molecule has 9 heteroatoms. The van der Waals surface area contributed by atoms with Crippen molar-refractivity contribution in [1.82, 2.24) is 15.3 Å². The first-order valence-electron chi connectivity index (χ1n) is 9.18. The van der Waals surface area contributed by atoms with Crippen molar-refractivity contribution in [1.29, 1.82) is 0 Å².